The molecule has 3 aromatic carbocycles. The van der Waals surface area contributed by atoms with Gasteiger partial charge >= 0.3 is 11.9 Å². The number of Topliss-reactive ketones (excluding diaryl/α,β-unsaturated/α-hetero) is 1. The van der Waals surface area contributed by atoms with Gasteiger partial charge in [-0.2, -0.15) is 0 Å². The lowest BCUT2D eigenvalue weighted by Gasteiger charge is -2.44. The summed E-state index contributed by atoms with van der Waals surface area (Å²) < 4.78 is 10.2. The third kappa shape index (κ3) is 5.92. The summed E-state index contributed by atoms with van der Waals surface area (Å²) in [4.78, 5) is 52.4. The Morgan fingerprint density at radius 2 is 1.38 bits per heavy atom. The van der Waals surface area contributed by atoms with Crippen LogP contribution in [-0.2, 0) is 28.7 Å². The van der Waals surface area contributed by atoms with Crippen LogP contribution in [0.3, 0.4) is 0 Å². The first-order valence-corrected chi connectivity index (χ1v) is 14.9. The number of ketones is 1. The summed E-state index contributed by atoms with van der Waals surface area (Å²) in [6, 6.07) is 28.8. The molecule has 0 N–H and O–H groups in total. The fourth-order valence-corrected chi connectivity index (χ4v) is 9.83. The maximum atomic E-state index is 14.1. The van der Waals surface area contributed by atoms with E-state index in [1.165, 1.54) is 36.8 Å². The van der Waals surface area contributed by atoms with Gasteiger partial charge in [-0.05, 0) is 28.2 Å². The van der Waals surface area contributed by atoms with E-state index < -0.39 is 30.8 Å². The number of likely N-dealkylation sites (tertiary alicyclic amines) is 1. The second-order valence-electron chi connectivity index (χ2n) is 8.66. The van der Waals surface area contributed by atoms with Crippen LogP contribution in [0.1, 0.15) is 13.3 Å². The third-order valence-corrected chi connectivity index (χ3v) is 11.3. The molecular formula is C30H28NO6PS. The van der Waals surface area contributed by atoms with Gasteiger partial charge in [0.15, 0.2) is 5.78 Å². The van der Waals surface area contributed by atoms with Gasteiger partial charge in [0.1, 0.15) is 12.0 Å². The van der Waals surface area contributed by atoms with Crippen molar-refractivity contribution in [2.75, 3.05) is 13.7 Å². The van der Waals surface area contributed by atoms with Gasteiger partial charge in [-0.3, -0.25) is 14.5 Å². The van der Waals surface area contributed by atoms with E-state index in [4.69, 9.17) is 4.74 Å². The Bertz CT molecular complexity index is 1340. The second kappa shape index (κ2) is 12.8. The Hall–Kier alpha value is -3.87. The number of hydrogen-bond acceptors (Lipinski definition) is 7. The van der Waals surface area contributed by atoms with Crippen molar-refractivity contribution in [2.24, 2.45) is 0 Å². The zero-order valence-corrected chi connectivity index (χ0v) is 23.3. The topological polar surface area (TPSA) is 90.0 Å². The molecule has 0 bridgehead atoms. The lowest BCUT2D eigenvalue weighted by molar-refractivity contribution is -0.144. The molecule has 0 radical (unpaired) electrons. The van der Waals surface area contributed by atoms with E-state index in [9.17, 15) is 19.2 Å². The molecule has 0 unspecified atom stereocenters. The summed E-state index contributed by atoms with van der Waals surface area (Å²) in [5.41, 5.74) is 0.188. The summed E-state index contributed by atoms with van der Waals surface area (Å²) in [5, 5.41) is 3.65. The first-order chi connectivity index (χ1) is 18.9. The van der Waals surface area contributed by atoms with Crippen LogP contribution in [0.5, 0.6) is 0 Å². The van der Waals surface area contributed by atoms with Gasteiger partial charge < -0.3 is 9.47 Å². The van der Waals surface area contributed by atoms with Crippen molar-refractivity contribution in [3.05, 3.63) is 102 Å². The molecule has 200 valence electrons. The molecule has 3 aromatic rings. The van der Waals surface area contributed by atoms with E-state index in [0.717, 1.165) is 15.9 Å². The molecule has 1 saturated heterocycles. The summed E-state index contributed by atoms with van der Waals surface area (Å²) in [6.07, 6.45) is 1.44. The molecule has 1 fully saturated rings. The predicted molar refractivity (Wildman–Crippen MR) is 156 cm³/mol. The molecule has 39 heavy (non-hydrogen) atoms. The summed E-state index contributed by atoms with van der Waals surface area (Å²) in [5.74, 6) is -1.82. The zero-order valence-electron chi connectivity index (χ0n) is 21.6. The Morgan fingerprint density at radius 3 is 1.79 bits per heavy atom. The van der Waals surface area contributed by atoms with Crippen LogP contribution in [-0.4, -0.2) is 53.0 Å². The number of β-lactam (4-membered cyclic amide) rings is 1. The first-order valence-electron chi connectivity index (χ1n) is 12.2. The molecule has 0 saturated carbocycles. The van der Waals surface area contributed by atoms with Crippen molar-refractivity contribution in [3.8, 4) is 0 Å². The minimum Gasteiger partial charge on any atom is -0.466 e. The largest absolute Gasteiger partial charge is 0.466 e. The van der Waals surface area contributed by atoms with E-state index in [0.29, 0.717) is 0 Å². The van der Waals surface area contributed by atoms with Crippen LogP contribution >= 0.6 is 18.6 Å². The lowest BCUT2D eigenvalue weighted by atomic mass is 10.2. The van der Waals surface area contributed by atoms with E-state index in [-0.39, 0.29) is 23.5 Å². The number of carbonyl (C=O) groups excluding carboxylic acids is 4. The van der Waals surface area contributed by atoms with Crippen LogP contribution in [0.2, 0.25) is 0 Å². The molecule has 0 aromatic heterocycles. The monoisotopic (exact) mass is 561 g/mol. The Balaban J connectivity index is 2.08. The van der Waals surface area contributed by atoms with E-state index in [1.54, 1.807) is 5.41 Å². The minimum absolute atomic E-state index is 0.165. The maximum absolute atomic E-state index is 14.1. The maximum Gasteiger partial charge on any atom is 0.356 e. The van der Waals surface area contributed by atoms with Gasteiger partial charge in [-0.25, -0.2) is 9.59 Å². The molecule has 0 spiro atoms. The summed E-state index contributed by atoms with van der Waals surface area (Å²) in [6.45, 7) is -2.10. The number of nitrogens with zero attached hydrogens (tertiary/aromatic N) is 1. The number of ether oxygens (including phenoxy) is 2. The predicted octanol–water partition coefficient (Wildman–Crippen LogP) is 3.22. The van der Waals surface area contributed by atoms with Crippen molar-refractivity contribution in [1.29, 1.82) is 0 Å². The minimum atomic E-state index is -3.03. The van der Waals surface area contributed by atoms with Crippen LogP contribution in [0.25, 0.3) is 0 Å². The number of hydrogen-bond donors (Lipinski definition) is 0. The molecule has 1 amide bonds. The highest BCUT2D eigenvalue weighted by Crippen LogP contribution is 2.49. The van der Waals surface area contributed by atoms with Crippen molar-refractivity contribution in [3.63, 3.8) is 0 Å². The number of thioether (sulfide) groups is 1. The van der Waals surface area contributed by atoms with Crippen LogP contribution in [0, 0.1) is 0 Å². The highest BCUT2D eigenvalue weighted by Gasteiger charge is 2.47. The van der Waals surface area contributed by atoms with Gasteiger partial charge in [0.25, 0.3) is 0 Å². The molecule has 1 aliphatic heterocycles. The molecule has 0 aliphatic carbocycles. The SMILES string of the molecule is COC(=O)C=CS[C@H]1CC(=O)N1C(C(=O)OCC(C)=O)=P(c1ccccc1)(c1ccccc1)c1ccccc1. The van der Waals surface area contributed by atoms with Gasteiger partial charge in [-0.1, -0.05) is 91.0 Å². The lowest BCUT2D eigenvalue weighted by Crippen LogP contribution is -2.58. The first kappa shape index (κ1) is 28.1. The number of rotatable bonds is 10. The van der Waals surface area contributed by atoms with Crippen molar-refractivity contribution < 1.29 is 28.7 Å². The van der Waals surface area contributed by atoms with E-state index in [2.05, 4.69) is 4.74 Å². The molecule has 9 heteroatoms. The zero-order chi connectivity index (χ0) is 27.8. The molecule has 1 heterocycles. The number of esters is 2. The highest BCUT2D eigenvalue weighted by atomic mass is 32.2. The quantitative estimate of drug-likeness (QED) is 0.163. The average Bonchev–Trinajstić information content (AvgIpc) is 2.96. The van der Waals surface area contributed by atoms with Crippen molar-refractivity contribution >= 4 is 63.6 Å². The smallest absolute Gasteiger partial charge is 0.356 e. The van der Waals surface area contributed by atoms with Crippen molar-refractivity contribution in [2.45, 2.75) is 18.7 Å². The fourth-order valence-electron chi connectivity index (χ4n) is 4.40. The highest BCUT2D eigenvalue weighted by molar-refractivity contribution is 8.03. The Morgan fingerprint density at radius 1 is 0.897 bits per heavy atom. The number of benzene rings is 3. The molecule has 1 atom stereocenters. The Kier molecular flexibility index (Phi) is 9.23. The average molecular weight is 562 g/mol. The van der Waals surface area contributed by atoms with Crippen LogP contribution < -0.4 is 15.9 Å². The summed E-state index contributed by atoms with van der Waals surface area (Å²) in [7, 11) is 1.28. The number of methoxy groups -OCH3 is 1. The molecule has 1 aliphatic rings. The third-order valence-electron chi connectivity index (χ3n) is 6.11. The van der Waals surface area contributed by atoms with Crippen LogP contribution in [0.4, 0.5) is 0 Å². The normalized spacial score (nSPS) is 15.0. The second-order valence-corrected chi connectivity index (χ2v) is 13.1. The number of carbonyl (C=O) groups is 4. The van der Waals surface area contributed by atoms with Gasteiger partial charge in [0.05, 0.1) is 18.9 Å². The molecule has 7 nitrogen and oxygen atoms in total. The van der Waals surface area contributed by atoms with Crippen molar-refractivity contribution in [1.82, 2.24) is 4.90 Å². The van der Waals surface area contributed by atoms with Crippen LogP contribution in [0.15, 0.2) is 102 Å². The molecule has 4 rings (SSSR count). The molecular weight excluding hydrogens is 533 g/mol. The summed E-state index contributed by atoms with van der Waals surface area (Å²) >= 11 is 1.24. The number of amides is 1. The fraction of sp³-hybridized carbons (Fsp3) is 0.167. The van der Waals surface area contributed by atoms with Gasteiger partial charge in [0, 0.05) is 13.0 Å². The Labute approximate surface area is 231 Å². The van der Waals surface area contributed by atoms with E-state index >= 15 is 0 Å². The van der Waals surface area contributed by atoms with Gasteiger partial charge in [0.2, 0.25) is 5.91 Å². The van der Waals surface area contributed by atoms with Gasteiger partial charge in [-0.15, -0.1) is 11.8 Å². The van der Waals surface area contributed by atoms with E-state index in [1.807, 2.05) is 91.0 Å². The standard InChI is InChI=1S/C30H28NO6PS/c1-22(32)21-37-30(35)29(31-26(33)20-27(31)39-19-18-28(34)36-2)38(23-12-6-3-7-13-23,24-14-8-4-9-15-24)25-16-10-5-11-17-25/h3-19,27H,20-21H2,1-2H3/t27-/m0/s1.